The molecule has 0 fully saturated rings. The van der Waals surface area contributed by atoms with E-state index in [-0.39, 0.29) is 0 Å². The summed E-state index contributed by atoms with van der Waals surface area (Å²) < 4.78 is 2.05. The van der Waals surface area contributed by atoms with Gasteiger partial charge in [0, 0.05) is 20.3 Å². The highest BCUT2D eigenvalue weighted by Crippen LogP contribution is 2.29. The number of rotatable bonds is 2. The standard InChI is InChI=1S/C13H12Br2N2/c1-8-4-10(16)7-11(5-8)17-13-6-9(14)2-3-12(13)15/h2-7,17H,16H2,1H3. The largest absolute Gasteiger partial charge is 0.399 e. The van der Waals surface area contributed by atoms with Crippen LogP contribution >= 0.6 is 31.9 Å². The Labute approximate surface area is 117 Å². The fourth-order valence-electron chi connectivity index (χ4n) is 1.63. The SMILES string of the molecule is Cc1cc(N)cc(Nc2cc(Br)ccc2Br)c1. The Morgan fingerprint density at radius 1 is 1.06 bits per heavy atom. The summed E-state index contributed by atoms with van der Waals surface area (Å²) in [4.78, 5) is 0. The Morgan fingerprint density at radius 3 is 2.53 bits per heavy atom. The molecule has 2 nitrogen and oxygen atoms in total. The minimum Gasteiger partial charge on any atom is -0.399 e. The maximum Gasteiger partial charge on any atom is 0.0539 e. The van der Waals surface area contributed by atoms with E-state index in [4.69, 9.17) is 5.73 Å². The van der Waals surface area contributed by atoms with Crippen molar-refractivity contribution < 1.29 is 0 Å². The summed E-state index contributed by atoms with van der Waals surface area (Å²) in [6, 6.07) is 11.9. The lowest BCUT2D eigenvalue weighted by molar-refractivity contribution is 1.44. The average molecular weight is 356 g/mol. The molecule has 0 aliphatic heterocycles. The minimum atomic E-state index is 0.763. The second-order valence-electron chi connectivity index (χ2n) is 3.88. The van der Waals surface area contributed by atoms with Crippen molar-refractivity contribution in [2.45, 2.75) is 6.92 Å². The molecule has 0 bridgehead atoms. The molecular formula is C13H12Br2N2. The van der Waals surface area contributed by atoms with E-state index in [1.165, 1.54) is 0 Å². The first-order chi connectivity index (χ1) is 8.04. The Morgan fingerprint density at radius 2 is 1.82 bits per heavy atom. The van der Waals surface area contributed by atoms with Crippen molar-refractivity contribution in [1.82, 2.24) is 0 Å². The predicted octanol–water partition coefficient (Wildman–Crippen LogP) is 4.85. The van der Waals surface area contributed by atoms with Crippen molar-refractivity contribution in [1.29, 1.82) is 0 Å². The molecule has 2 aromatic rings. The molecule has 88 valence electrons. The molecule has 0 aromatic heterocycles. The third kappa shape index (κ3) is 3.23. The molecule has 4 heteroatoms. The van der Waals surface area contributed by atoms with Crippen molar-refractivity contribution in [2.75, 3.05) is 11.1 Å². The minimum absolute atomic E-state index is 0.763. The number of hydrogen-bond acceptors (Lipinski definition) is 2. The van der Waals surface area contributed by atoms with Gasteiger partial charge in [-0.2, -0.15) is 0 Å². The summed E-state index contributed by atoms with van der Waals surface area (Å²) >= 11 is 6.96. The van der Waals surface area contributed by atoms with Crippen LogP contribution in [-0.2, 0) is 0 Å². The number of nitrogens with one attached hydrogen (secondary N) is 1. The highest BCUT2D eigenvalue weighted by molar-refractivity contribution is 9.11. The highest BCUT2D eigenvalue weighted by Gasteiger charge is 2.02. The molecule has 0 saturated carbocycles. The van der Waals surface area contributed by atoms with E-state index in [1.807, 2.05) is 37.3 Å². The lowest BCUT2D eigenvalue weighted by atomic mass is 10.2. The molecule has 0 radical (unpaired) electrons. The van der Waals surface area contributed by atoms with Gasteiger partial charge in [0.25, 0.3) is 0 Å². The van der Waals surface area contributed by atoms with Gasteiger partial charge in [-0.25, -0.2) is 0 Å². The number of halogens is 2. The monoisotopic (exact) mass is 354 g/mol. The van der Waals surface area contributed by atoms with Gasteiger partial charge in [0.05, 0.1) is 5.69 Å². The van der Waals surface area contributed by atoms with Gasteiger partial charge in [0.1, 0.15) is 0 Å². The molecular weight excluding hydrogens is 344 g/mol. The van der Waals surface area contributed by atoms with E-state index in [9.17, 15) is 0 Å². The van der Waals surface area contributed by atoms with Crippen LogP contribution < -0.4 is 11.1 Å². The van der Waals surface area contributed by atoms with Crippen LogP contribution in [0.2, 0.25) is 0 Å². The maximum absolute atomic E-state index is 5.82. The summed E-state index contributed by atoms with van der Waals surface area (Å²) in [6.45, 7) is 2.03. The number of anilines is 3. The molecule has 17 heavy (non-hydrogen) atoms. The van der Waals surface area contributed by atoms with Crippen molar-refractivity contribution >= 4 is 48.9 Å². The van der Waals surface area contributed by atoms with Crippen molar-refractivity contribution in [3.63, 3.8) is 0 Å². The quantitative estimate of drug-likeness (QED) is 0.756. The van der Waals surface area contributed by atoms with Crippen LogP contribution in [0.5, 0.6) is 0 Å². The average Bonchev–Trinajstić information content (AvgIpc) is 2.22. The lowest BCUT2D eigenvalue weighted by Gasteiger charge is -2.10. The number of hydrogen-bond donors (Lipinski definition) is 2. The van der Waals surface area contributed by atoms with E-state index in [2.05, 4.69) is 43.2 Å². The molecule has 3 N–H and O–H groups in total. The van der Waals surface area contributed by atoms with Gasteiger partial charge in [-0.1, -0.05) is 15.9 Å². The van der Waals surface area contributed by atoms with Crippen LogP contribution in [0.3, 0.4) is 0 Å². The summed E-state index contributed by atoms with van der Waals surface area (Å²) in [5.74, 6) is 0. The fourth-order valence-corrected chi connectivity index (χ4v) is 2.34. The van der Waals surface area contributed by atoms with Gasteiger partial charge in [0.2, 0.25) is 0 Å². The molecule has 0 aliphatic rings. The topological polar surface area (TPSA) is 38.0 Å². The molecule has 0 amide bonds. The van der Waals surface area contributed by atoms with Gasteiger partial charge < -0.3 is 11.1 Å². The Balaban J connectivity index is 2.34. The van der Waals surface area contributed by atoms with E-state index in [0.717, 1.165) is 31.6 Å². The van der Waals surface area contributed by atoms with Crippen molar-refractivity contribution in [3.8, 4) is 0 Å². The summed E-state index contributed by atoms with van der Waals surface area (Å²) in [7, 11) is 0. The Hall–Kier alpha value is -1.000. The van der Waals surface area contributed by atoms with Gasteiger partial charge in [-0.15, -0.1) is 0 Å². The normalized spacial score (nSPS) is 10.3. The Bertz CT molecular complexity index is 533. The zero-order valence-corrected chi connectivity index (χ0v) is 12.5. The molecule has 0 heterocycles. The third-order valence-electron chi connectivity index (χ3n) is 2.31. The smallest absolute Gasteiger partial charge is 0.0539 e. The number of nitrogens with two attached hydrogens (primary N) is 1. The first-order valence-corrected chi connectivity index (χ1v) is 6.72. The Kier molecular flexibility index (Phi) is 3.74. The predicted molar refractivity (Wildman–Crippen MR) is 80.7 cm³/mol. The highest BCUT2D eigenvalue weighted by atomic mass is 79.9. The molecule has 2 aromatic carbocycles. The van der Waals surface area contributed by atoms with Gasteiger partial charge >= 0.3 is 0 Å². The zero-order valence-electron chi connectivity index (χ0n) is 9.30. The van der Waals surface area contributed by atoms with Gasteiger partial charge in [-0.05, 0) is 64.8 Å². The van der Waals surface area contributed by atoms with Crippen LogP contribution in [0, 0.1) is 6.92 Å². The fraction of sp³-hybridized carbons (Fsp3) is 0.0769. The molecule has 0 spiro atoms. The first kappa shape index (κ1) is 12.5. The van der Waals surface area contributed by atoms with E-state index < -0.39 is 0 Å². The zero-order chi connectivity index (χ0) is 12.4. The number of aryl methyl sites for hydroxylation is 1. The summed E-state index contributed by atoms with van der Waals surface area (Å²) in [5, 5.41) is 3.34. The molecule has 2 rings (SSSR count). The van der Waals surface area contributed by atoms with Gasteiger partial charge in [0.15, 0.2) is 0 Å². The van der Waals surface area contributed by atoms with Gasteiger partial charge in [-0.3, -0.25) is 0 Å². The third-order valence-corrected chi connectivity index (χ3v) is 3.49. The molecule has 0 unspecified atom stereocenters. The van der Waals surface area contributed by atoms with E-state index >= 15 is 0 Å². The second-order valence-corrected chi connectivity index (χ2v) is 5.65. The first-order valence-electron chi connectivity index (χ1n) is 5.14. The lowest BCUT2D eigenvalue weighted by Crippen LogP contribution is -1.94. The van der Waals surface area contributed by atoms with Crippen LogP contribution in [-0.4, -0.2) is 0 Å². The van der Waals surface area contributed by atoms with Crippen LogP contribution in [0.25, 0.3) is 0 Å². The summed E-state index contributed by atoms with van der Waals surface area (Å²) in [5.41, 5.74) is 9.71. The van der Waals surface area contributed by atoms with Crippen LogP contribution in [0.1, 0.15) is 5.56 Å². The molecule has 0 saturated heterocycles. The van der Waals surface area contributed by atoms with Crippen molar-refractivity contribution in [2.24, 2.45) is 0 Å². The summed E-state index contributed by atoms with van der Waals surface area (Å²) in [6.07, 6.45) is 0. The van der Waals surface area contributed by atoms with E-state index in [0.29, 0.717) is 0 Å². The van der Waals surface area contributed by atoms with Crippen molar-refractivity contribution in [3.05, 3.63) is 50.9 Å². The van der Waals surface area contributed by atoms with Crippen LogP contribution in [0.15, 0.2) is 45.3 Å². The van der Waals surface area contributed by atoms with E-state index in [1.54, 1.807) is 0 Å². The number of nitrogen functional groups attached to an aromatic ring is 1. The molecule has 0 atom stereocenters. The maximum atomic E-state index is 5.82. The number of benzene rings is 2. The molecule has 0 aliphatic carbocycles. The van der Waals surface area contributed by atoms with Crippen LogP contribution in [0.4, 0.5) is 17.1 Å². The second kappa shape index (κ2) is 5.10.